The zero-order chi connectivity index (χ0) is 14.7. The molecule has 0 unspecified atom stereocenters. The van der Waals surface area contributed by atoms with Crippen molar-refractivity contribution in [3.05, 3.63) is 23.3 Å². The maximum Gasteiger partial charge on any atom is 0.239 e. The predicted molar refractivity (Wildman–Crippen MR) is 84.4 cm³/mol. The van der Waals surface area contributed by atoms with Gasteiger partial charge in [-0.1, -0.05) is 0 Å². The Balaban J connectivity index is 0.00000220. The first-order valence-corrected chi connectivity index (χ1v) is 6.85. The maximum absolute atomic E-state index is 12.0. The lowest BCUT2D eigenvalue weighted by atomic mass is 10.0. The molecule has 1 aliphatic rings. The van der Waals surface area contributed by atoms with Crippen molar-refractivity contribution < 1.29 is 14.3 Å². The van der Waals surface area contributed by atoms with E-state index < -0.39 is 6.04 Å². The van der Waals surface area contributed by atoms with E-state index in [4.69, 9.17) is 15.2 Å². The lowest BCUT2D eigenvalue weighted by molar-refractivity contribution is -0.132. The molecule has 2 N–H and O–H groups in total. The Hall–Kier alpha value is -1.46. The fourth-order valence-electron chi connectivity index (χ4n) is 2.56. The molecule has 2 rings (SSSR count). The summed E-state index contributed by atoms with van der Waals surface area (Å²) in [4.78, 5) is 13.8. The molecule has 21 heavy (non-hydrogen) atoms. The number of rotatable bonds is 3. The average Bonchev–Trinajstić information content (AvgIpc) is 2.66. The number of fused-ring (bicyclic) bond motifs is 1. The molecule has 0 spiro atoms. The maximum atomic E-state index is 12.0. The summed E-state index contributed by atoms with van der Waals surface area (Å²) in [5.74, 6) is 1.48. The molecule has 1 amide bonds. The number of hydrogen-bond donors (Lipinski definition) is 1. The molecule has 1 heterocycles. The van der Waals surface area contributed by atoms with Crippen LogP contribution in [0.3, 0.4) is 0 Å². The van der Waals surface area contributed by atoms with Gasteiger partial charge in [-0.2, -0.15) is 0 Å². The van der Waals surface area contributed by atoms with Crippen LogP contribution in [0.25, 0.3) is 0 Å². The summed E-state index contributed by atoms with van der Waals surface area (Å²) >= 11 is 0. The van der Waals surface area contributed by atoms with Gasteiger partial charge in [0, 0.05) is 13.1 Å². The van der Waals surface area contributed by atoms with E-state index in [0.29, 0.717) is 13.1 Å². The predicted octanol–water partition coefficient (Wildman–Crippen LogP) is 1.40. The lowest BCUT2D eigenvalue weighted by Gasteiger charge is -2.22. The van der Waals surface area contributed by atoms with Crippen LogP contribution in [-0.2, 0) is 17.6 Å². The highest BCUT2D eigenvalue weighted by molar-refractivity contribution is 5.85. The molecule has 6 heteroatoms. The van der Waals surface area contributed by atoms with Gasteiger partial charge in [-0.25, -0.2) is 0 Å². The Morgan fingerprint density at radius 3 is 1.90 bits per heavy atom. The number of ether oxygens (including phenoxy) is 2. The number of benzene rings is 1. The molecule has 0 saturated carbocycles. The van der Waals surface area contributed by atoms with Crippen molar-refractivity contribution in [2.75, 3.05) is 27.3 Å². The Bertz CT molecular complexity index is 471. The number of nitrogens with zero attached hydrogens (tertiary/aromatic N) is 1. The molecule has 1 atom stereocenters. The standard InChI is InChI=1S/C15H22N2O3.ClH/c1-10(16)15(18)17-6-4-11-8-13(19-2)14(20-3)9-12(11)5-7-17;/h8-10H,4-7,16H2,1-3H3;1H/t10-;/m1./s1. The third kappa shape index (κ3) is 3.80. The van der Waals surface area contributed by atoms with Crippen LogP contribution < -0.4 is 15.2 Å². The molecular weight excluding hydrogens is 292 g/mol. The number of nitrogens with two attached hydrogens (primary N) is 1. The summed E-state index contributed by atoms with van der Waals surface area (Å²) in [6.07, 6.45) is 1.63. The zero-order valence-electron chi connectivity index (χ0n) is 12.7. The SMILES string of the molecule is COc1cc2c(cc1OC)CCN(C(=O)[C@@H](C)N)CC2.Cl. The minimum absolute atomic E-state index is 0. The van der Waals surface area contributed by atoms with Crippen LogP contribution in [0.15, 0.2) is 12.1 Å². The Labute approximate surface area is 131 Å². The van der Waals surface area contributed by atoms with Crippen LogP contribution in [-0.4, -0.2) is 44.2 Å². The Morgan fingerprint density at radius 1 is 1.14 bits per heavy atom. The van der Waals surface area contributed by atoms with Gasteiger partial charge in [-0.15, -0.1) is 12.4 Å². The van der Waals surface area contributed by atoms with Gasteiger partial charge in [-0.05, 0) is 43.0 Å². The molecule has 118 valence electrons. The molecule has 1 aromatic rings. The molecule has 0 saturated heterocycles. The van der Waals surface area contributed by atoms with Crippen molar-refractivity contribution in [3.63, 3.8) is 0 Å². The number of halogens is 1. The van der Waals surface area contributed by atoms with Gasteiger partial charge in [-0.3, -0.25) is 4.79 Å². The van der Waals surface area contributed by atoms with Crippen LogP contribution in [0.4, 0.5) is 0 Å². The van der Waals surface area contributed by atoms with E-state index in [9.17, 15) is 4.79 Å². The van der Waals surface area contributed by atoms with Crippen molar-refractivity contribution >= 4 is 18.3 Å². The molecule has 1 aliphatic heterocycles. The van der Waals surface area contributed by atoms with Crippen molar-refractivity contribution in [2.24, 2.45) is 5.73 Å². The summed E-state index contributed by atoms with van der Waals surface area (Å²) in [5.41, 5.74) is 8.10. The van der Waals surface area contributed by atoms with Gasteiger partial charge in [0.1, 0.15) is 0 Å². The normalized spacial score (nSPS) is 15.3. The molecule has 0 bridgehead atoms. The summed E-state index contributed by atoms with van der Waals surface area (Å²) in [6, 6.07) is 3.57. The highest BCUT2D eigenvalue weighted by atomic mass is 35.5. The molecule has 0 aliphatic carbocycles. The highest BCUT2D eigenvalue weighted by Crippen LogP contribution is 2.32. The van der Waals surface area contributed by atoms with Gasteiger partial charge in [0.15, 0.2) is 11.5 Å². The summed E-state index contributed by atoms with van der Waals surface area (Å²) in [5, 5.41) is 0. The monoisotopic (exact) mass is 314 g/mol. The fraction of sp³-hybridized carbons (Fsp3) is 0.533. The van der Waals surface area contributed by atoms with E-state index >= 15 is 0 Å². The fourth-order valence-corrected chi connectivity index (χ4v) is 2.56. The molecule has 0 fully saturated rings. The van der Waals surface area contributed by atoms with Crippen molar-refractivity contribution in [1.29, 1.82) is 0 Å². The van der Waals surface area contributed by atoms with E-state index in [1.165, 1.54) is 11.1 Å². The first kappa shape index (κ1) is 17.6. The van der Waals surface area contributed by atoms with Crippen LogP contribution in [0.2, 0.25) is 0 Å². The first-order valence-electron chi connectivity index (χ1n) is 6.85. The first-order chi connectivity index (χ1) is 9.56. The second-order valence-electron chi connectivity index (χ2n) is 5.09. The highest BCUT2D eigenvalue weighted by Gasteiger charge is 2.22. The van der Waals surface area contributed by atoms with Gasteiger partial charge in [0.25, 0.3) is 0 Å². The molecule has 0 aromatic heterocycles. The molecule has 0 radical (unpaired) electrons. The number of methoxy groups -OCH3 is 2. The smallest absolute Gasteiger partial charge is 0.239 e. The topological polar surface area (TPSA) is 64.8 Å². The lowest BCUT2D eigenvalue weighted by Crippen LogP contribution is -2.43. The van der Waals surface area contributed by atoms with Crippen LogP contribution in [0, 0.1) is 0 Å². The van der Waals surface area contributed by atoms with E-state index in [2.05, 4.69) is 0 Å². The van der Waals surface area contributed by atoms with E-state index in [-0.39, 0.29) is 18.3 Å². The minimum Gasteiger partial charge on any atom is -0.493 e. The molecule has 5 nitrogen and oxygen atoms in total. The van der Waals surface area contributed by atoms with Gasteiger partial charge < -0.3 is 20.1 Å². The van der Waals surface area contributed by atoms with E-state index in [1.807, 2.05) is 17.0 Å². The van der Waals surface area contributed by atoms with Crippen molar-refractivity contribution in [2.45, 2.75) is 25.8 Å². The van der Waals surface area contributed by atoms with Crippen LogP contribution in [0.5, 0.6) is 11.5 Å². The number of carbonyl (C=O) groups excluding carboxylic acids is 1. The quantitative estimate of drug-likeness (QED) is 0.916. The third-order valence-corrected chi connectivity index (χ3v) is 3.71. The minimum atomic E-state index is -0.444. The van der Waals surface area contributed by atoms with Crippen LogP contribution >= 0.6 is 12.4 Å². The van der Waals surface area contributed by atoms with Gasteiger partial charge >= 0.3 is 0 Å². The van der Waals surface area contributed by atoms with Crippen molar-refractivity contribution in [1.82, 2.24) is 4.90 Å². The largest absolute Gasteiger partial charge is 0.493 e. The zero-order valence-corrected chi connectivity index (χ0v) is 13.5. The molecular formula is C15H23ClN2O3. The number of amides is 1. The van der Waals surface area contributed by atoms with E-state index in [0.717, 1.165) is 24.3 Å². The summed E-state index contributed by atoms with van der Waals surface area (Å²) in [7, 11) is 3.26. The summed E-state index contributed by atoms with van der Waals surface area (Å²) in [6.45, 7) is 3.12. The third-order valence-electron chi connectivity index (χ3n) is 3.71. The second-order valence-corrected chi connectivity index (χ2v) is 5.09. The van der Waals surface area contributed by atoms with Crippen molar-refractivity contribution in [3.8, 4) is 11.5 Å². The number of hydrogen-bond acceptors (Lipinski definition) is 4. The van der Waals surface area contributed by atoms with Gasteiger partial charge in [0.05, 0.1) is 20.3 Å². The Morgan fingerprint density at radius 2 is 1.57 bits per heavy atom. The van der Waals surface area contributed by atoms with E-state index in [1.54, 1.807) is 21.1 Å². The van der Waals surface area contributed by atoms with Gasteiger partial charge in [0.2, 0.25) is 5.91 Å². The summed E-state index contributed by atoms with van der Waals surface area (Å²) < 4.78 is 10.7. The van der Waals surface area contributed by atoms with Crippen LogP contribution in [0.1, 0.15) is 18.1 Å². The average molecular weight is 315 g/mol. The number of carbonyl (C=O) groups is 1. The Kier molecular flexibility index (Phi) is 6.30. The molecule has 1 aromatic carbocycles. The second kappa shape index (κ2) is 7.52.